The SMILES string of the molecule is O=C(NCCc1cccs1)c1ccc(F)cc1F. The fraction of sp³-hybridized carbons (Fsp3) is 0.154. The van der Waals surface area contributed by atoms with E-state index in [1.165, 1.54) is 0 Å². The van der Waals surface area contributed by atoms with E-state index in [0.29, 0.717) is 19.0 Å². The van der Waals surface area contributed by atoms with Gasteiger partial charge in [0.2, 0.25) is 0 Å². The van der Waals surface area contributed by atoms with Crippen LogP contribution >= 0.6 is 11.3 Å². The van der Waals surface area contributed by atoms with E-state index in [0.717, 1.165) is 17.0 Å². The summed E-state index contributed by atoms with van der Waals surface area (Å²) < 4.78 is 26.0. The van der Waals surface area contributed by atoms with Crippen molar-refractivity contribution in [3.63, 3.8) is 0 Å². The molecule has 5 heteroatoms. The zero-order chi connectivity index (χ0) is 13.0. The summed E-state index contributed by atoms with van der Waals surface area (Å²) >= 11 is 1.60. The fourth-order valence-electron chi connectivity index (χ4n) is 1.52. The van der Waals surface area contributed by atoms with Crippen molar-refractivity contribution in [3.8, 4) is 0 Å². The van der Waals surface area contributed by atoms with Crippen molar-refractivity contribution in [1.29, 1.82) is 0 Å². The molecule has 0 radical (unpaired) electrons. The molecule has 1 heterocycles. The maximum absolute atomic E-state index is 13.3. The van der Waals surface area contributed by atoms with E-state index in [2.05, 4.69) is 5.32 Å². The van der Waals surface area contributed by atoms with Crippen LogP contribution in [0, 0.1) is 11.6 Å². The number of thiophene rings is 1. The smallest absolute Gasteiger partial charge is 0.254 e. The minimum absolute atomic E-state index is 0.137. The van der Waals surface area contributed by atoms with E-state index < -0.39 is 17.5 Å². The van der Waals surface area contributed by atoms with Gasteiger partial charge in [-0.3, -0.25) is 4.79 Å². The van der Waals surface area contributed by atoms with E-state index in [1.807, 2.05) is 17.5 Å². The van der Waals surface area contributed by atoms with Gasteiger partial charge in [0.25, 0.3) is 5.91 Å². The molecule has 1 N–H and O–H groups in total. The van der Waals surface area contributed by atoms with E-state index >= 15 is 0 Å². The Kier molecular flexibility index (Phi) is 4.04. The van der Waals surface area contributed by atoms with Gasteiger partial charge in [0.15, 0.2) is 0 Å². The molecule has 0 saturated heterocycles. The van der Waals surface area contributed by atoms with Gasteiger partial charge in [-0.15, -0.1) is 11.3 Å². The van der Waals surface area contributed by atoms with Gasteiger partial charge in [-0.2, -0.15) is 0 Å². The first-order valence-corrected chi connectivity index (χ1v) is 6.30. The summed E-state index contributed by atoms with van der Waals surface area (Å²) in [4.78, 5) is 12.8. The van der Waals surface area contributed by atoms with Crippen molar-refractivity contribution >= 4 is 17.2 Å². The number of amides is 1. The van der Waals surface area contributed by atoms with Crippen molar-refractivity contribution in [2.24, 2.45) is 0 Å². The second kappa shape index (κ2) is 5.73. The molecule has 2 rings (SSSR count). The van der Waals surface area contributed by atoms with Crippen LogP contribution in [0.25, 0.3) is 0 Å². The molecule has 0 aliphatic carbocycles. The third kappa shape index (κ3) is 3.13. The van der Waals surface area contributed by atoms with Gasteiger partial charge in [0.05, 0.1) is 5.56 Å². The number of hydrogen-bond acceptors (Lipinski definition) is 2. The second-order valence-corrected chi connectivity index (χ2v) is 4.74. The Labute approximate surface area is 107 Å². The molecule has 1 aromatic carbocycles. The molecule has 2 nitrogen and oxygen atoms in total. The number of carbonyl (C=O) groups is 1. The lowest BCUT2D eigenvalue weighted by Gasteiger charge is -2.05. The molecule has 0 spiro atoms. The molecule has 0 saturated carbocycles. The van der Waals surface area contributed by atoms with Gasteiger partial charge in [-0.1, -0.05) is 6.07 Å². The largest absolute Gasteiger partial charge is 0.352 e. The molecular weight excluding hydrogens is 256 g/mol. The third-order valence-electron chi connectivity index (χ3n) is 2.41. The first kappa shape index (κ1) is 12.7. The number of hydrogen-bond donors (Lipinski definition) is 1. The predicted octanol–water partition coefficient (Wildman–Crippen LogP) is 3.00. The van der Waals surface area contributed by atoms with E-state index in [-0.39, 0.29) is 5.56 Å². The number of rotatable bonds is 4. The number of benzene rings is 1. The third-order valence-corrected chi connectivity index (χ3v) is 3.35. The fourth-order valence-corrected chi connectivity index (χ4v) is 2.23. The Balaban J connectivity index is 1.91. The summed E-state index contributed by atoms with van der Waals surface area (Å²) in [6.07, 6.45) is 0.701. The molecule has 0 aliphatic rings. The summed E-state index contributed by atoms with van der Waals surface area (Å²) in [5.74, 6) is -2.06. The predicted molar refractivity (Wildman–Crippen MR) is 66.7 cm³/mol. The van der Waals surface area contributed by atoms with Gasteiger partial charge in [0.1, 0.15) is 11.6 Å². The number of nitrogens with one attached hydrogen (secondary N) is 1. The van der Waals surface area contributed by atoms with Gasteiger partial charge < -0.3 is 5.32 Å². The van der Waals surface area contributed by atoms with E-state index in [4.69, 9.17) is 0 Å². The van der Waals surface area contributed by atoms with Crippen LogP contribution in [0.5, 0.6) is 0 Å². The maximum atomic E-state index is 13.3. The van der Waals surface area contributed by atoms with Crippen LogP contribution in [-0.2, 0) is 6.42 Å². The van der Waals surface area contributed by atoms with Crippen molar-refractivity contribution in [3.05, 3.63) is 57.8 Å². The highest BCUT2D eigenvalue weighted by atomic mass is 32.1. The average Bonchev–Trinajstić information content (AvgIpc) is 2.81. The molecule has 1 amide bonds. The van der Waals surface area contributed by atoms with Gasteiger partial charge in [-0.05, 0) is 30.0 Å². The molecule has 94 valence electrons. The Morgan fingerprint density at radius 2 is 2.11 bits per heavy atom. The highest BCUT2D eigenvalue weighted by Crippen LogP contribution is 2.10. The summed E-state index contributed by atoms with van der Waals surface area (Å²) in [5, 5.41) is 4.56. The van der Waals surface area contributed by atoms with Crippen LogP contribution in [0.4, 0.5) is 8.78 Å². The van der Waals surface area contributed by atoms with Crippen molar-refractivity contribution in [1.82, 2.24) is 5.32 Å². The molecule has 2 aromatic rings. The van der Waals surface area contributed by atoms with Gasteiger partial charge >= 0.3 is 0 Å². The van der Waals surface area contributed by atoms with Gasteiger partial charge in [-0.25, -0.2) is 8.78 Å². The molecule has 0 bridgehead atoms. The van der Waals surface area contributed by atoms with Crippen LogP contribution in [-0.4, -0.2) is 12.5 Å². The van der Waals surface area contributed by atoms with Crippen LogP contribution in [0.15, 0.2) is 35.7 Å². The normalized spacial score (nSPS) is 10.3. The average molecular weight is 267 g/mol. The lowest BCUT2D eigenvalue weighted by atomic mass is 10.2. The molecule has 0 unspecified atom stereocenters. The Hall–Kier alpha value is -1.75. The maximum Gasteiger partial charge on any atom is 0.254 e. The molecule has 1 aromatic heterocycles. The van der Waals surface area contributed by atoms with Crippen LogP contribution < -0.4 is 5.32 Å². The molecule has 0 fully saturated rings. The zero-order valence-corrected chi connectivity index (χ0v) is 10.3. The highest BCUT2D eigenvalue weighted by molar-refractivity contribution is 7.09. The Morgan fingerprint density at radius 1 is 1.28 bits per heavy atom. The summed E-state index contributed by atoms with van der Waals surface area (Å²) in [5.41, 5.74) is -0.137. The van der Waals surface area contributed by atoms with Crippen LogP contribution in [0.2, 0.25) is 0 Å². The van der Waals surface area contributed by atoms with Crippen molar-refractivity contribution in [2.75, 3.05) is 6.54 Å². The quantitative estimate of drug-likeness (QED) is 0.906. The standard InChI is InChI=1S/C13H11F2NOS/c14-9-3-4-11(12(15)8-9)13(17)16-6-5-10-2-1-7-18-10/h1-4,7-8H,5-6H2,(H,16,17). The van der Waals surface area contributed by atoms with Gasteiger partial charge in [0, 0.05) is 17.5 Å². The summed E-state index contributed by atoms with van der Waals surface area (Å²) in [6.45, 7) is 0.427. The summed E-state index contributed by atoms with van der Waals surface area (Å²) in [7, 11) is 0. The van der Waals surface area contributed by atoms with E-state index in [9.17, 15) is 13.6 Å². The first-order chi connectivity index (χ1) is 8.66. The minimum atomic E-state index is -0.844. The number of halogens is 2. The Morgan fingerprint density at radius 3 is 2.78 bits per heavy atom. The highest BCUT2D eigenvalue weighted by Gasteiger charge is 2.11. The summed E-state index contributed by atoms with van der Waals surface area (Å²) in [6, 6.07) is 6.81. The van der Waals surface area contributed by atoms with Crippen LogP contribution in [0.3, 0.4) is 0 Å². The lowest BCUT2D eigenvalue weighted by Crippen LogP contribution is -2.26. The van der Waals surface area contributed by atoms with E-state index in [1.54, 1.807) is 11.3 Å². The van der Waals surface area contributed by atoms with Crippen molar-refractivity contribution in [2.45, 2.75) is 6.42 Å². The zero-order valence-electron chi connectivity index (χ0n) is 9.45. The minimum Gasteiger partial charge on any atom is -0.352 e. The Bertz CT molecular complexity index is 540. The van der Waals surface area contributed by atoms with Crippen LogP contribution in [0.1, 0.15) is 15.2 Å². The molecular formula is C13H11F2NOS. The second-order valence-electron chi connectivity index (χ2n) is 3.71. The van der Waals surface area contributed by atoms with Crippen molar-refractivity contribution < 1.29 is 13.6 Å². The first-order valence-electron chi connectivity index (χ1n) is 5.42. The molecule has 0 aliphatic heterocycles. The lowest BCUT2D eigenvalue weighted by molar-refractivity contribution is 0.0950. The molecule has 0 atom stereocenters. The molecule has 18 heavy (non-hydrogen) atoms. The number of carbonyl (C=O) groups excluding carboxylic acids is 1. The monoisotopic (exact) mass is 267 g/mol. The topological polar surface area (TPSA) is 29.1 Å².